The van der Waals surface area contributed by atoms with Gasteiger partial charge in [-0.3, -0.25) is 9.52 Å². The molecule has 2 heterocycles. The number of anilines is 3. The molecule has 0 bridgehead atoms. The van der Waals surface area contributed by atoms with Crippen LogP contribution in [0.1, 0.15) is 18.1 Å². The van der Waals surface area contributed by atoms with Gasteiger partial charge in [-0.25, -0.2) is 17.9 Å². The first-order valence-electron chi connectivity index (χ1n) is 8.01. The number of rotatable bonds is 5. The van der Waals surface area contributed by atoms with E-state index in [0.717, 1.165) is 11.8 Å². The molecule has 0 amide bonds. The zero-order valence-corrected chi connectivity index (χ0v) is 16.1. The first-order valence-corrected chi connectivity index (χ1v) is 9.90. The molecule has 0 saturated heterocycles. The number of nitrogens with one attached hydrogen (secondary N) is 2. The number of carbonyl (C=O) groups is 1. The summed E-state index contributed by atoms with van der Waals surface area (Å²) in [5.74, 6) is 0.475. The van der Waals surface area contributed by atoms with Crippen LogP contribution in [0.15, 0.2) is 30.7 Å². The molecule has 1 aromatic carbocycles. The molecule has 2 N–H and O–H groups in total. The maximum Gasteiger partial charge on any atom is 0.308 e. The number of benzene rings is 1. The van der Waals surface area contributed by atoms with Crippen LogP contribution in [-0.2, 0) is 14.8 Å². The Hall–Kier alpha value is -3.14. The van der Waals surface area contributed by atoms with Crippen molar-refractivity contribution in [3.05, 3.63) is 41.9 Å². The van der Waals surface area contributed by atoms with Gasteiger partial charge in [0.15, 0.2) is 11.6 Å². The SMILES string of the molecule is CC(=O)Oc1cn2ncnc(Nc3cc(NS(C)(=O)=O)ccc3C)c2c1C. The molecule has 142 valence electrons. The molecule has 0 radical (unpaired) electrons. The van der Waals surface area contributed by atoms with E-state index in [2.05, 4.69) is 20.1 Å². The average molecular weight is 389 g/mol. The summed E-state index contributed by atoms with van der Waals surface area (Å²) >= 11 is 0. The third kappa shape index (κ3) is 4.17. The number of hydrogen-bond donors (Lipinski definition) is 2. The van der Waals surface area contributed by atoms with Gasteiger partial charge in [-0.15, -0.1) is 0 Å². The van der Waals surface area contributed by atoms with Crippen LogP contribution in [0.5, 0.6) is 5.75 Å². The highest BCUT2D eigenvalue weighted by atomic mass is 32.2. The molecule has 10 heteroatoms. The highest BCUT2D eigenvalue weighted by Gasteiger charge is 2.16. The molecule has 9 nitrogen and oxygen atoms in total. The number of carbonyl (C=O) groups excluding carboxylic acids is 1. The quantitative estimate of drug-likeness (QED) is 0.644. The summed E-state index contributed by atoms with van der Waals surface area (Å²) in [6, 6.07) is 5.15. The normalized spacial score (nSPS) is 11.4. The number of sulfonamides is 1. The van der Waals surface area contributed by atoms with Gasteiger partial charge in [0, 0.05) is 18.2 Å². The van der Waals surface area contributed by atoms with Gasteiger partial charge >= 0.3 is 5.97 Å². The smallest absolute Gasteiger partial charge is 0.308 e. The van der Waals surface area contributed by atoms with Crippen LogP contribution in [0.2, 0.25) is 0 Å². The van der Waals surface area contributed by atoms with Crippen LogP contribution in [0.4, 0.5) is 17.2 Å². The molecular weight excluding hydrogens is 370 g/mol. The summed E-state index contributed by atoms with van der Waals surface area (Å²) in [6.07, 6.45) is 4.07. The number of aryl methyl sites for hydroxylation is 2. The number of nitrogens with zero attached hydrogens (tertiary/aromatic N) is 3. The average Bonchev–Trinajstić information content (AvgIpc) is 2.86. The van der Waals surface area contributed by atoms with Gasteiger partial charge in [0.25, 0.3) is 0 Å². The van der Waals surface area contributed by atoms with Crippen molar-refractivity contribution in [2.75, 3.05) is 16.3 Å². The Morgan fingerprint density at radius 2 is 2.00 bits per heavy atom. The zero-order chi connectivity index (χ0) is 19.8. The lowest BCUT2D eigenvalue weighted by Crippen LogP contribution is -2.10. The number of ether oxygens (including phenoxy) is 1. The third-order valence-electron chi connectivity index (χ3n) is 3.83. The fourth-order valence-corrected chi connectivity index (χ4v) is 3.20. The standard InChI is InChI=1S/C17H19N5O4S/c1-10-5-6-13(21-27(4,24)25)7-14(10)20-17-16-11(2)15(26-12(3)23)8-22(16)19-9-18-17/h5-9,21H,1-4H3,(H,18,19,20). The Morgan fingerprint density at radius 1 is 1.26 bits per heavy atom. The molecule has 0 saturated carbocycles. The van der Waals surface area contributed by atoms with Crippen molar-refractivity contribution in [2.45, 2.75) is 20.8 Å². The Balaban J connectivity index is 2.03. The highest BCUT2D eigenvalue weighted by molar-refractivity contribution is 7.92. The zero-order valence-electron chi connectivity index (χ0n) is 15.3. The Bertz CT molecular complexity index is 1140. The van der Waals surface area contributed by atoms with Crippen molar-refractivity contribution < 1.29 is 17.9 Å². The number of fused-ring (bicyclic) bond motifs is 1. The molecule has 0 spiro atoms. The molecule has 0 unspecified atom stereocenters. The molecule has 27 heavy (non-hydrogen) atoms. The highest BCUT2D eigenvalue weighted by Crippen LogP contribution is 2.31. The van der Waals surface area contributed by atoms with Gasteiger partial charge < -0.3 is 10.1 Å². The number of hydrogen-bond acceptors (Lipinski definition) is 7. The molecule has 0 fully saturated rings. The van der Waals surface area contributed by atoms with Crippen LogP contribution in [0.3, 0.4) is 0 Å². The lowest BCUT2D eigenvalue weighted by Gasteiger charge is -2.12. The van der Waals surface area contributed by atoms with E-state index in [0.29, 0.717) is 34.0 Å². The van der Waals surface area contributed by atoms with Gasteiger partial charge in [-0.1, -0.05) is 6.07 Å². The van der Waals surface area contributed by atoms with E-state index in [1.165, 1.54) is 13.3 Å². The van der Waals surface area contributed by atoms with Crippen molar-refractivity contribution >= 4 is 38.7 Å². The second kappa shape index (κ2) is 6.88. The second-order valence-electron chi connectivity index (χ2n) is 6.14. The summed E-state index contributed by atoms with van der Waals surface area (Å²) in [6.45, 7) is 5.02. The van der Waals surface area contributed by atoms with Crippen LogP contribution in [-0.4, -0.2) is 35.2 Å². The van der Waals surface area contributed by atoms with Gasteiger partial charge in [0.2, 0.25) is 10.0 Å². The minimum atomic E-state index is -3.39. The van der Waals surface area contributed by atoms with Crippen LogP contribution in [0.25, 0.3) is 5.52 Å². The van der Waals surface area contributed by atoms with Crippen LogP contribution >= 0.6 is 0 Å². The minimum absolute atomic E-state index is 0.398. The predicted molar refractivity (Wildman–Crippen MR) is 102 cm³/mol. The Labute approximate surface area is 156 Å². The molecule has 3 aromatic rings. The summed E-state index contributed by atoms with van der Waals surface area (Å²) in [7, 11) is -3.39. The van der Waals surface area contributed by atoms with E-state index in [1.807, 2.05) is 6.92 Å². The van der Waals surface area contributed by atoms with Gasteiger partial charge in [0.1, 0.15) is 11.8 Å². The maximum absolute atomic E-state index is 11.5. The summed E-state index contributed by atoms with van der Waals surface area (Å²) < 4.78 is 32.2. The molecular formula is C17H19N5O4S. The lowest BCUT2D eigenvalue weighted by molar-refractivity contribution is -0.131. The monoisotopic (exact) mass is 389 g/mol. The molecule has 0 atom stereocenters. The second-order valence-corrected chi connectivity index (χ2v) is 7.89. The summed E-state index contributed by atoms with van der Waals surface area (Å²) in [4.78, 5) is 15.6. The van der Waals surface area contributed by atoms with Crippen LogP contribution in [0, 0.1) is 13.8 Å². The Morgan fingerprint density at radius 3 is 2.67 bits per heavy atom. The lowest BCUT2D eigenvalue weighted by atomic mass is 10.2. The van der Waals surface area contributed by atoms with Crippen molar-refractivity contribution in [1.82, 2.24) is 14.6 Å². The van der Waals surface area contributed by atoms with E-state index in [9.17, 15) is 13.2 Å². The van der Waals surface area contributed by atoms with Crippen LogP contribution < -0.4 is 14.8 Å². The molecule has 0 aliphatic rings. The van der Waals surface area contributed by atoms with Gasteiger partial charge in [0.05, 0.1) is 18.1 Å². The topological polar surface area (TPSA) is 115 Å². The molecule has 0 aliphatic carbocycles. The first kappa shape index (κ1) is 18.6. The predicted octanol–water partition coefficient (Wildman–Crippen LogP) is 2.39. The third-order valence-corrected chi connectivity index (χ3v) is 4.43. The fraction of sp³-hybridized carbons (Fsp3) is 0.235. The van der Waals surface area contributed by atoms with Crippen molar-refractivity contribution in [3.63, 3.8) is 0 Å². The van der Waals surface area contributed by atoms with Crippen molar-refractivity contribution in [2.24, 2.45) is 0 Å². The summed E-state index contributed by atoms with van der Waals surface area (Å²) in [5, 5.41) is 7.34. The molecule has 0 aliphatic heterocycles. The van der Waals surface area contributed by atoms with E-state index in [4.69, 9.17) is 4.74 Å². The number of aromatic nitrogens is 3. The maximum atomic E-state index is 11.5. The van der Waals surface area contributed by atoms with E-state index in [-0.39, 0.29) is 0 Å². The number of esters is 1. The minimum Gasteiger partial charge on any atom is -0.425 e. The molecule has 2 aromatic heterocycles. The largest absolute Gasteiger partial charge is 0.425 e. The van der Waals surface area contributed by atoms with E-state index in [1.54, 1.807) is 35.8 Å². The van der Waals surface area contributed by atoms with Crippen molar-refractivity contribution in [1.29, 1.82) is 0 Å². The summed E-state index contributed by atoms with van der Waals surface area (Å²) in [5.41, 5.74) is 3.36. The Kier molecular flexibility index (Phi) is 4.75. The first-order chi connectivity index (χ1) is 12.6. The van der Waals surface area contributed by atoms with E-state index >= 15 is 0 Å². The van der Waals surface area contributed by atoms with E-state index < -0.39 is 16.0 Å². The fourth-order valence-electron chi connectivity index (χ4n) is 2.65. The van der Waals surface area contributed by atoms with Gasteiger partial charge in [-0.2, -0.15) is 5.10 Å². The van der Waals surface area contributed by atoms with Crippen molar-refractivity contribution in [3.8, 4) is 5.75 Å². The molecule has 3 rings (SSSR count). The van der Waals surface area contributed by atoms with Gasteiger partial charge in [-0.05, 0) is 31.5 Å².